The van der Waals surface area contributed by atoms with Gasteiger partial charge in [0.15, 0.2) is 0 Å². The van der Waals surface area contributed by atoms with Gasteiger partial charge in [0.1, 0.15) is 5.01 Å². The molecule has 0 N–H and O–H groups in total. The zero-order valence-electron chi connectivity index (χ0n) is 29.4. The van der Waals surface area contributed by atoms with Crippen molar-refractivity contribution in [2.24, 2.45) is 0 Å². The van der Waals surface area contributed by atoms with Crippen LogP contribution in [0.25, 0.3) is 75.7 Å². The van der Waals surface area contributed by atoms with Crippen LogP contribution in [0.3, 0.4) is 0 Å². The van der Waals surface area contributed by atoms with Gasteiger partial charge < -0.3 is 4.90 Å². The summed E-state index contributed by atoms with van der Waals surface area (Å²) < 4.78 is 1.24. The average molecular weight is 707 g/mol. The van der Waals surface area contributed by atoms with Gasteiger partial charge in [-0.2, -0.15) is 0 Å². The van der Waals surface area contributed by atoms with Crippen LogP contribution in [0.1, 0.15) is 0 Å². The van der Waals surface area contributed by atoms with Crippen LogP contribution in [-0.4, -0.2) is 4.98 Å². The van der Waals surface area contributed by atoms with Crippen molar-refractivity contribution in [1.29, 1.82) is 0 Å². The van der Waals surface area contributed by atoms with Crippen LogP contribution in [0.4, 0.5) is 17.1 Å². The van der Waals surface area contributed by atoms with Gasteiger partial charge in [-0.15, -0.1) is 11.3 Å². The zero-order valence-corrected chi connectivity index (χ0v) is 30.2. The normalized spacial score (nSPS) is 11.3. The molecule has 1 aromatic heterocycles. The molecule has 10 aromatic rings. The Kier molecular flexibility index (Phi) is 8.05. The summed E-state index contributed by atoms with van der Waals surface area (Å²) in [6.07, 6.45) is 0. The number of benzene rings is 9. The molecule has 0 aliphatic heterocycles. The summed E-state index contributed by atoms with van der Waals surface area (Å²) in [4.78, 5) is 7.32. The fraction of sp³-hybridized carbons (Fsp3) is 0. The number of thiazole rings is 1. The Morgan fingerprint density at radius 3 is 1.50 bits per heavy atom. The molecule has 1 heterocycles. The van der Waals surface area contributed by atoms with Gasteiger partial charge in [-0.1, -0.05) is 158 Å². The lowest BCUT2D eigenvalue weighted by Crippen LogP contribution is -2.10. The van der Waals surface area contributed by atoms with E-state index in [1.54, 1.807) is 11.3 Å². The molecule has 0 bridgehead atoms. The van der Waals surface area contributed by atoms with E-state index in [1.807, 2.05) is 6.07 Å². The largest absolute Gasteiger partial charge is 0.310 e. The van der Waals surface area contributed by atoms with E-state index in [1.165, 1.54) is 59.6 Å². The van der Waals surface area contributed by atoms with Crippen LogP contribution in [0.2, 0.25) is 0 Å². The van der Waals surface area contributed by atoms with Gasteiger partial charge in [-0.25, -0.2) is 4.98 Å². The minimum atomic E-state index is 1.05. The maximum absolute atomic E-state index is 4.97. The number of nitrogens with zero attached hydrogens (tertiary/aromatic N) is 2. The summed E-state index contributed by atoms with van der Waals surface area (Å²) in [5.74, 6) is 0. The third-order valence-electron chi connectivity index (χ3n) is 10.3. The molecule has 2 nitrogen and oxygen atoms in total. The monoisotopic (exact) mass is 706 g/mol. The molecule has 10 rings (SSSR count). The maximum Gasteiger partial charge on any atom is 0.124 e. The molecule has 54 heavy (non-hydrogen) atoms. The highest BCUT2D eigenvalue weighted by atomic mass is 32.1. The molecule has 9 aromatic carbocycles. The van der Waals surface area contributed by atoms with Gasteiger partial charge in [0.2, 0.25) is 0 Å². The predicted octanol–water partition coefficient (Wildman–Crippen LogP) is 14.7. The lowest BCUT2D eigenvalue weighted by Gasteiger charge is -2.26. The van der Waals surface area contributed by atoms with Crippen LogP contribution < -0.4 is 4.90 Å². The van der Waals surface area contributed by atoms with E-state index < -0.39 is 0 Å². The Morgan fingerprint density at radius 2 is 0.833 bits per heavy atom. The smallest absolute Gasteiger partial charge is 0.124 e. The van der Waals surface area contributed by atoms with Gasteiger partial charge in [0.25, 0.3) is 0 Å². The van der Waals surface area contributed by atoms with Gasteiger partial charge in [0, 0.05) is 28.0 Å². The van der Waals surface area contributed by atoms with E-state index in [0.29, 0.717) is 0 Å². The lowest BCUT2D eigenvalue weighted by atomic mass is 9.97. The number of hydrogen-bond donors (Lipinski definition) is 0. The van der Waals surface area contributed by atoms with Gasteiger partial charge in [-0.05, 0) is 98.1 Å². The van der Waals surface area contributed by atoms with Gasteiger partial charge >= 0.3 is 0 Å². The molecule has 0 aliphatic carbocycles. The molecule has 0 saturated carbocycles. The quantitative estimate of drug-likeness (QED) is 0.153. The second-order valence-corrected chi connectivity index (χ2v) is 14.6. The molecule has 0 radical (unpaired) electrons. The molecule has 0 spiro atoms. The zero-order chi connectivity index (χ0) is 35.8. The number of aromatic nitrogens is 1. The van der Waals surface area contributed by atoms with Crippen molar-refractivity contribution in [3.05, 3.63) is 206 Å². The third kappa shape index (κ3) is 5.91. The first-order valence-electron chi connectivity index (χ1n) is 18.3. The molecule has 254 valence electrons. The SMILES string of the molecule is c1ccc(-c2ccc(N(c3ccc(-c4ccc5c(ccc6c5ccc5nc(-c7ccccc7)sc56)c4)cc3)c3cccc(-c4ccccc4)c3)cc2)cc1. The predicted molar refractivity (Wildman–Crippen MR) is 231 cm³/mol. The highest BCUT2D eigenvalue weighted by molar-refractivity contribution is 7.22. The molecular formula is C51H34N2S. The van der Waals surface area contributed by atoms with Gasteiger partial charge in [0.05, 0.1) is 10.2 Å². The van der Waals surface area contributed by atoms with Crippen molar-refractivity contribution < 1.29 is 0 Å². The molecule has 0 atom stereocenters. The van der Waals surface area contributed by atoms with E-state index in [2.05, 4.69) is 205 Å². The summed E-state index contributed by atoms with van der Waals surface area (Å²) in [5.41, 5.74) is 12.7. The molecule has 0 fully saturated rings. The van der Waals surface area contributed by atoms with Crippen molar-refractivity contribution in [3.63, 3.8) is 0 Å². The first-order chi connectivity index (χ1) is 26.7. The fourth-order valence-electron chi connectivity index (χ4n) is 7.55. The molecule has 3 heteroatoms. The Bertz CT molecular complexity index is 2900. The molecular weight excluding hydrogens is 673 g/mol. The van der Waals surface area contributed by atoms with Crippen molar-refractivity contribution in [1.82, 2.24) is 4.98 Å². The fourth-order valence-corrected chi connectivity index (χ4v) is 8.65. The molecule has 0 saturated heterocycles. The van der Waals surface area contributed by atoms with Crippen molar-refractivity contribution in [2.75, 3.05) is 4.90 Å². The molecule has 0 unspecified atom stereocenters. The summed E-state index contributed by atoms with van der Waals surface area (Å²) in [7, 11) is 0. The van der Waals surface area contributed by atoms with E-state index >= 15 is 0 Å². The summed E-state index contributed by atoms with van der Waals surface area (Å²) in [5, 5.41) is 6.06. The minimum Gasteiger partial charge on any atom is -0.310 e. The first-order valence-corrected chi connectivity index (χ1v) is 19.1. The number of fused-ring (bicyclic) bond motifs is 5. The van der Waals surface area contributed by atoms with Crippen molar-refractivity contribution in [2.45, 2.75) is 0 Å². The number of rotatable bonds is 7. The van der Waals surface area contributed by atoms with Crippen LogP contribution in [-0.2, 0) is 0 Å². The Morgan fingerprint density at radius 1 is 0.333 bits per heavy atom. The Hall–Kier alpha value is -6.81. The van der Waals surface area contributed by atoms with Crippen LogP contribution in [0.15, 0.2) is 206 Å². The summed E-state index contributed by atoms with van der Waals surface area (Å²) in [6, 6.07) is 74.1. The highest BCUT2D eigenvalue weighted by Gasteiger charge is 2.15. The van der Waals surface area contributed by atoms with Gasteiger partial charge in [-0.3, -0.25) is 0 Å². The minimum absolute atomic E-state index is 1.05. The Labute approximate surface area is 318 Å². The second-order valence-electron chi connectivity index (χ2n) is 13.6. The lowest BCUT2D eigenvalue weighted by molar-refractivity contribution is 1.28. The second kappa shape index (κ2) is 13.6. The van der Waals surface area contributed by atoms with E-state index in [9.17, 15) is 0 Å². The molecule has 0 aliphatic rings. The first kappa shape index (κ1) is 31.9. The molecule has 0 amide bonds. The third-order valence-corrected chi connectivity index (χ3v) is 11.4. The topological polar surface area (TPSA) is 16.1 Å². The van der Waals surface area contributed by atoms with E-state index in [4.69, 9.17) is 4.98 Å². The van der Waals surface area contributed by atoms with E-state index in [-0.39, 0.29) is 0 Å². The van der Waals surface area contributed by atoms with Crippen LogP contribution in [0, 0.1) is 0 Å². The highest BCUT2D eigenvalue weighted by Crippen LogP contribution is 2.40. The number of hydrogen-bond acceptors (Lipinski definition) is 3. The van der Waals surface area contributed by atoms with Crippen LogP contribution in [0.5, 0.6) is 0 Å². The Balaban J connectivity index is 1.01. The van der Waals surface area contributed by atoms with E-state index in [0.717, 1.165) is 33.1 Å². The van der Waals surface area contributed by atoms with Crippen molar-refractivity contribution >= 4 is 60.2 Å². The van der Waals surface area contributed by atoms with Crippen molar-refractivity contribution in [3.8, 4) is 44.0 Å². The number of anilines is 3. The average Bonchev–Trinajstić information content (AvgIpc) is 3.70. The van der Waals surface area contributed by atoms with Crippen LogP contribution >= 0.6 is 11.3 Å². The maximum atomic E-state index is 4.97. The summed E-state index contributed by atoms with van der Waals surface area (Å²) in [6.45, 7) is 0. The summed E-state index contributed by atoms with van der Waals surface area (Å²) >= 11 is 1.77. The standard InChI is InChI=1S/C51H34N2S/c1-4-11-35(12-5-1)37-19-25-43(26-20-37)53(45-18-10-17-40(34-45)36-13-6-2-7-14-36)44-27-21-38(22-28-44)41-23-29-46-42(33-41)24-30-48-47(46)31-32-49-50(48)54-51(52-49)39-15-8-3-9-16-39/h1-34H.